The summed E-state index contributed by atoms with van der Waals surface area (Å²) in [7, 11) is 2.63. The Morgan fingerprint density at radius 1 is 0.782 bits per heavy atom. The SMILES string of the molecule is COC(=O)CN(C(=O)[C@@H]1CCCC[C@@H]1c1ncc(-c2ccc(-c3ccc(-c4cnc([C@@H]5CCCN5C(=O)[C@@H](NC(=O)OC)C(C)C)[nH]4)cc3)cc2)[nH]1)C(C)C. The highest BCUT2D eigenvalue weighted by molar-refractivity contribution is 5.87. The summed E-state index contributed by atoms with van der Waals surface area (Å²) in [5.74, 6) is 0.546. The molecular formula is C42H53N7O6. The van der Waals surface area contributed by atoms with Gasteiger partial charge in [0.15, 0.2) is 0 Å². The normalized spacial score (nSPS) is 19.0. The predicted octanol–water partition coefficient (Wildman–Crippen LogP) is 6.86. The predicted molar refractivity (Wildman–Crippen MR) is 208 cm³/mol. The second kappa shape index (κ2) is 17.3. The first-order valence-corrected chi connectivity index (χ1v) is 19.3. The molecule has 0 unspecified atom stereocenters. The van der Waals surface area contributed by atoms with Crippen molar-refractivity contribution in [1.29, 1.82) is 0 Å². The number of imidazole rings is 2. The number of hydrogen-bond donors (Lipinski definition) is 3. The minimum Gasteiger partial charge on any atom is -0.468 e. The maximum Gasteiger partial charge on any atom is 0.407 e. The Balaban J connectivity index is 1.11. The van der Waals surface area contributed by atoms with Crippen LogP contribution in [0.15, 0.2) is 60.9 Å². The molecule has 4 atom stereocenters. The van der Waals surface area contributed by atoms with Crippen LogP contribution in [0.1, 0.15) is 89.8 Å². The lowest BCUT2D eigenvalue weighted by molar-refractivity contribution is -0.150. The van der Waals surface area contributed by atoms with E-state index in [1.54, 1.807) is 11.1 Å². The summed E-state index contributed by atoms with van der Waals surface area (Å²) >= 11 is 0. The van der Waals surface area contributed by atoms with Crippen molar-refractivity contribution in [1.82, 2.24) is 35.1 Å². The average molecular weight is 752 g/mol. The number of ether oxygens (including phenoxy) is 2. The first-order valence-electron chi connectivity index (χ1n) is 19.3. The van der Waals surface area contributed by atoms with Gasteiger partial charge in [0.2, 0.25) is 11.8 Å². The molecule has 0 spiro atoms. The molecule has 2 aromatic heterocycles. The lowest BCUT2D eigenvalue weighted by Gasteiger charge is -2.35. The molecule has 0 radical (unpaired) electrons. The number of nitrogens with one attached hydrogen (secondary N) is 3. The molecule has 4 aromatic rings. The van der Waals surface area contributed by atoms with E-state index >= 15 is 0 Å². The van der Waals surface area contributed by atoms with Gasteiger partial charge in [-0.2, -0.15) is 0 Å². The van der Waals surface area contributed by atoms with E-state index in [2.05, 4.69) is 68.8 Å². The largest absolute Gasteiger partial charge is 0.468 e. The van der Waals surface area contributed by atoms with Gasteiger partial charge in [0.25, 0.3) is 0 Å². The number of carbonyl (C=O) groups is 4. The zero-order valence-corrected chi connectivity index (χ0v) is 32.6. The number of alkyl carbamates (subject to hydrolysis) is 1. The standard InChI is InChI=1S/C42H53N7O6/c1-25(2)37(47-42(53)55-6)41(52)48-21-9-12-35(48)39-44-23-34(46-39)30-19-15-28(16-20-30)27-13-17-29(18-14-27)33-22-43-38(45-33)31-10-7-8-11-32(31)40(51)49(26(3)4)24-36(50)54-5/h13-20,22-23,25-26,31-32,35,37H,7-12,21,24H2,1-6H3,(H,43,45)(H,44,46)(H,47,53)/t31-,32+,35-,37-/m0/s1. The van der Waals surface area contributed by atoms with E-state index in [0.29, 0.717) is 6.54 Å². The summed E-state index contributed by atoms with van der Waals surface area (Å²) in [6, 6.07) is 15.6. The molecule has 3 amide bonds. The van der Waals surface area contributed by atoms with Gasteiger partial charge in [-0.1, -0.05) is 75.2 Å². The van der Waals surface area contributed by atoms with E-state index in [9.17, 15) is 19.2 Å². The first-order chi connectivity index (χ1) is 26.5. The maximum absolute atomic E-state index is 13.7. The van der Waals surface area contributed by atoms with Gasteiger partial charge in [-0.15, -0.1) is 0 Å². The van der Waals surface area contributed by atoms with Gasteiger partial charge in [0.05, 0.1) is 44.0 Å². The van der Waals surface area contributed by atoms with Gasteiger partial charge in [0, 0.05) is 24.4 Å². The molecule has 55 heavy (non-hydrogen) atoms. The number of nitrogens with zero attached hydrogens (tertiary/aromatic N) is 4. The smallest absolute Gasteiger partial charge is 0.407 e. The molecule has 1 aliphatic heterocycles. The lowest BCUT2D eigenvalue weighted by Crippen LogP contribution is -2.51. The number of esters is 1. The van der Waals surface area contributed by atoms with Crippen LogP contribution < -0.4 is 5.32 Å². The van der Waals surface area contributed by atoms with Crippen LogP contribution in [0.5, 0.6) is 0 Å². The van der Waals surface area contributed by atoms with Crippen LogP contribution in [-0.4, -0.2) is 93.0 Å². The third-order valence-corrected chi connectivity index (χ3v) is 11.0. The summed E-state index contributed by atoms with van der Waals surface area (Å²) < 4.78 is 9.62. The molecular weight excluding hydrogens is 699 g/mol. The summed E-state index contributed by atoms with van der Waals surface area (Å²) in [5.41, 5.74) is 5.86. The minimum absolute atomic E-state index is 0.0232. The van der Waals surface area contributed by atoms with E-state index < -0.39 is 18.1 Å². The van der Waals surface area contributed by atoms with Crippen molar-refractivity contribution in [3.8, 4) is 33.6 Å². The van der Waals surface area contributed by atoms with Gasteiger partial charge in [-0.25, -0.2) is 14.8 Å². The summed E-state index contributed by atoms with van der Waals surface area (Å²) in [6.07, 6.45) is 8.26. The Kier molecular flexibility index (Phi) is 12.4. The van der Waals surface area contributed by atoms with Crippen molar-refractivity contribution in [2.45, 2.75) is 90.3 Å². The summed E-state index contributed by atoms with van der Waals surface area (Å²) in [5, 5.41) is 2.70. The number of benzene rings is 2. The number of rotatable bonds is 12. The molecule has 6 rings (SSSR count). The fourth-order valence-electron chi connectivity index (χ4n) is 7.89. The van der Waals surface area contributed by atoms with Crippen LogP contribution >= 0.6 is 0 Å². The van der Waals surface area contributed by atoms with Crippen molar-refractivity contribution in [3.63, 3.8) is 0 Å². The van der Waals surface area contributed by atoms with E-state index in [-0.39, 0.29) is 48.2 Å². The maximum atomic E-state index is 13.7. The van der Waals surface area contributed by atoms with Crippen LogP contribution in [0.4, 0.5) is 4.79 Å². The molecule has 13 nitrogen and oxygen atoms in total. The molecule has 2 aromatic carbocycles. The zero-order valence-electron chi connectivity index (χ0n) is 32.6. The van der Waals surface area contributed by atoms with Crippen LogP contribution in [-0.2, 0) is 23.9 Å². The van der Waals surface area contributed by atoms with Crippen molar-refractivity contribution in [3.05, 3.63) is 72.6 Å². The Bertz CT molecular complexity index is 1950. The fraction of sp³-hybridized carbons (Fsp3) is 0.476. The molecule has 1 saturated carbocycles. The number of carbonyl (C=O) groups excluding carboxylic acids is 4. The molecule has 13 heteroatoms. The highest BCUT2D eigenvalue weighted by Crippen LogP contribution is 2.39. The van der Waals surface area contributed by atoms with Gasteiger partial charge < -0.3 is 34.6 Å². The Morgan fingerprint density at radius 2 is 1.35 bits per heavy atom. The van der Waals surface area contributed by atoms with Gasteiger partial charge >= 0.3 is 12.1 Å². The number of aromatic amines is 2. The molecule has 1 aliphatic carbocycles. The molecule has 3 N–H and O–H groups in total. The number of methoxy groups -OCH3 is 2. The third-order valence-electron chi connectivity index (χ3n) is 11.0. The molecule has 2 aliphatic rings. The van der Waals surface area contributed by atoms with Crippen molar-refractivity contribution >= 4 is 23.9 Å². The van der Waals surface area contributed by atoms with Crippen LogP contribution in [0.25, 0.3) is 33.6 Å². The number of aromatic nitrogens is 4. The average Bonchev–Trinajstić information content (AvgIpc) is 4.00. The summed E-state index contributed by atoms with van der Waals surface area (Å²) in [6.45, 7) is 8.19. The van der Waals surface area contributed by atoms with E-state index in [0.717, 1.165) is 83.8 Å². The number of amides is 3. The van der Waals surface area contributed by atoms with Crippen molar-refractivity contribution in [2.75, 3.05) is 27.3 Å². The number of H-pyrrole nitrogens is 2. The second-order valence-electron chi connectivity index (χ2n) is 15.2. The first kappa shape index (κ1) is 39.2. The zero-order chi connectivity index (χ0) is 39.2. The second-order valence-corrected chi connectivity index (χ2v) is 15.2. The van der Waals surface area contributed by atoms with Crippen molar-refractivity contribution in [2.24, 2.45) is 11.8 Å². The van der Waals surface area contributed by atoms with E-state index in [1.807, 2.05) is 38.8 Å². The molecule has 292 valence electrons. The van der Waals surface area contributed by atoms with E-state index in [1.165, 1.54) is 14.2 Å². The Hall–Kier alpha value is -5.46. The minimum atomic E-state index is -0.685. The molecule has 1 saturated heterocycles. The van der Waals surface area contributed by atoms with Gasteiger partial charge in [-0.3, -0.25) is 14.4 Å². The van der Waals surface area contributed by atoms with Crippen LogP contribution in [0, 0.1) is 11.8 Å². The third kappa shape index (κ3) is 8.76. The van der Waals surface area contributed by atoms with Gasteiger partial charge in [-0.05, 0) is 67.7 Å². The highest BCUT2D eigenvalue weighted by Gasteiger charge is 2.39. The van der Waals surface area contributed by atoms with Gasteiger partial charge in [0.1, 0.15) is 24.2 Å². The topological polar surface area (TPSA) is 163 Å². The molecule has 0 bridgehead atoms. The lowest BCUT2D eigenvalue weighted by atomic mass is 9.77. The van der Waals surface area contributed by atoms with Crippen molar-refractivity contribution < 1.29 is 28.7 Å². The quantitative estimate of drug-likeness (QED) is 0.132. The van der Waals surface area contributed by atoms with Crippen LogP contribution in [0.2, 0.25) is 0 Å². The number of likely N-dealkylation sites (tertiary alicyclic amines) is 1. The fourth-order valence-corrected chi connectivity index (χ4v) is 7.89. The molecule has 2 fully saturated rings. The summed E-state index contributed by atoms with van der Waals surface area (Å²) in [4.78, 5) is 71.1. The monoisotopic (exact) mass is 751 g/mol. The van der Waals surface area contributed by atoms with Crippen LogP contribution in [0.3, 0.4) is 0 Å². The Morgan fingerprint density at radius 3 is 1.91 bits per heavy atom. The Labute approximate surface area is 322 Å². The van der Waals surface area contributed by atoms with E-state index in [4.69, 9.17) is 14.5 Å². The highest BCUT2D eigenvalue weighted by atomic mass is 16.5. The number of hydrogen-bond acceptors (Lipinski definition) is 8. The molecule has 3 heterocycles.